The molecule has 0 spiro atoms. The molecule has 2 rings (SSSR count). The average molecular weight is 258 g/mol. The third kappa shape index (κ3) is 3.05. The molecule has 0 aromatic heterocycles. The van der Waals surface area contributed by atoms with Crippen molar-refractivity contribution in [2.45, 2.75) is 19.8 Å². The van der Waals surface area contributed by atoms with Crippen LogP contribution in [-0.2, 0) is 6.42 Å². The Morgan fingerprint density at radius 3 is 2.37 bits per heavy atom. The number of aryl methyl sites for hydroxylation is 1. The summed E-state index contributed by atoms with van der Waals surface area (Å²) in [7, 11) is 1.93. The number of benzene rings is 2. The summed E-state index contributed by atoms with van der Waals surface area (Å²) in [4.78, 5) is 1.96. The molecule has 0 unspecified atom stereocenters. The number of nitrogen functional groups attached to an aromatic ring is 1. The molecule has 0 atom stereocenters. The van der Waals surface area contributed by atoms with Crippen LogP contribution in [0.5, 0.6) is 0 Å². The normalized spacial score (nSPS) is 10.5. The van der Waals surface area contributed by atoms with E-state index in [2.05, 4.69) is 31.2 Å². The first-order valence-corrected chi connectivity index (χ1v) is 6.49. The minimum Gasteiger partial charge on any atom is -0.397 e. The number of hydrogen-bond donors (Lipinski definition) is 1. The van der Waals surface area contributed by atoms with Crippen molar-refractivity contribution in [3.8, 4) is 0 Å². The van der Waals surface area contributed by atoms with E-state index in [4.69, 9.17) is 5.73 Å². The highest BCUT2D eigenvalue weighted by Gasteiger charge is 2.08. The Kier molecular flexibility index (Phi) is 4.05. The van der Waals surface area contributed by atoms with Gasteiger partial charge in [-0.3, -0.25) is 0 Å². The van der Waals surface area contributed by atoms with Gasteiger partial charge in [0.25, 0.3) is 0 Å². The number of nitrogens with zero attached hydrogens (tertiary/aromatic N) is 1. The lowest BCUT2D eigenvalue weighted by Crippen LogP contribution is -2.11. The zero-order valence-corrected chi connectivity index (χ0v) is 11.4. The van der Waals surface area contributed by atoms with Crippen molar-refractivity contribution in [3.05, 3.63) is 53.8 Å². The molecule has 100 valence electrons. The summed E-state index contributed by atoms with van der Waals surface area (Å²) in [6, 6.07) is 12.8. The zero-order chi connectivity index (χ0) is 13.8. The minimum absolute atomic E-state index is 0.312. The zero-order valence-electron chi connectivity index (χ0n) is 11.4. The van der Waals surface area contributed by atoms with Crippen molar-refractivity contribution in [1.29, 1.82) is 0 Å². The van der Waals surface area contributed by atoms with Crippen molar-refractivity contribution < 1.29 is 4.39 Å². The van der Waals surface area contributed by atoms with Crippen molar-refractivity contribution in [1.82, 2.24) is 0 Å². The summed E-state index contributed by atoms with van der Waals surface area (Å²) in [6.45, 7) is 2.17. The molecule has 0 saturated heterocycles. The highest BCUT2D eigenvalue weighted by molar-refractivity contribution is 5.74. The van der Waals surface area contributed by atoms with Crippen molar-refractivity contribution in [2.24, 2.45) is 0 Å². The number of halogens is 1. The van der Waals surface area contributed by atoms with Gasteiger partial charge in [-0.15, -0.1) is 0 Å². The van der Waals surface area contributed by atoms with Crippen LogP contribution in [0.3, 0.4) is 0 Å². The SMILES string of the molecule is CCCc1ccc(N(C)c2ccc(F)cc2N)cc1. The Hall–Kier alpha value is -2.03. The molecule has 0 heterocycles. The monoisotopic (exact) mass is 258 g/mol. The molecule has 0 aliphatic rings. The van der Waals surface area contributed by atoms with Crippen LogP contribution in [0, 0.1) is 5.82 Å². The van der Waals surface area contributed by atoms with Crippen molar-refractivity contribution in [3.63, 3.8) is 0 Å². The number of nitrogens with two attached hydrogens (primary N) is 1. The second-order valence-corrected chi connectivity index (χ2v) is 4.68. The van der Waals surface area contributed by atoms with Gasteiger partial charge in [0.05, 0.1) is 11.4 Å². The molecule has 2 aromatic carbocycles. The van der Waals surface area contributed by atoms with Crippen molar-refractivity contribution >= 4 is 17.1 Å². The van der Waals surface area contributed by atoms with Gasteiger partial charge in [-0.2, -0.15) is 0 Å². The van der Waals surface area contributed by atoms with E-state index in [1.807, 2.05) is 11.9 Å². The van der Waals surface area contributed by atoms with Gasteiger partial charge < -0.3 is 10.6 Å². The maximum Gasteiger partial charge on any atom is 0.125 e. The molecule has 2 N–H and O–H groups in total. The van der Waals surface area contributed by atoms with E-state index < -0.39 is 0 Å². The van der Waals surface area contributed by atoms with Crippen LogP contribution in [0.4, 0.5) is 21.5 Å². The molecule has 0 amide bonds. The summed E-state index contributed by atoms with van der Waals surface area (Å²) < 4.78 is 13.1. The molecule has 19 heavy (non-hydrogen) atoms. The average Bonchev–Trinajstić information content (AvgIpc) is 2.39. The largest absolute Gasteiger partial charge is 0.397 e. The van der Waals surface area contributed by atoms with Crippen LogP contribution >= 0.6 is 0 Å². The van der Waals surface area contributed by atoms with Gasteiger partial charge in [-0.25, -0.2) is 4.39 Å². The molecule has 0 saturated carbocycles. The third-order valence-corrected chi connectivity index (χ3v) is 3.21. The van der Waals surface area contributed by atoms with E-state index in [9.17, 15) is 4.39 Å². The number of rotatable bonds is 4. The van der Waals surface area contributed by atoms with Gasteiger partial charge in [0, 0.05) is 12.7 Å². The van der Waals surface area contributed by atoms with Gasteiger partial charge in [-0.05, 0) is 42.3 Å². The Morgan fingerprint density at radius 1 is 1.11 bits per heavy atom. The Morgan fingerprint density at radius 2 is 1.79 bits per heavy atom. The van der Waals surface area contributed by atoms with E-state index in [1.165, 1.54) is 17.7 Å². The van der Waals surface area contributed by atoms with Gasteiger partial charge in [0.15, 0.2) is 0 Å². The Balaban J connectivity index is 2.25. The molecular weight excluding hydrogens is 239 g/mol. The van der Waals surface area contributed by atoms with E-state index in [0.717, 1.165) is 24.2 Å². The minimum atomic E-state index is -0.312. The van der Waals surface area contributed by atoms with Crippen molar-refractivity contribution in [2.75, 3.05) is 17.7 Å². The summed E-state index contributed by atoms with van der Waals surface area (Å²) in [5, 5.41) is 0. The van der Waals surface area contributed by atoms with Crippen LogP contribution < -0.4 is 10.6 Å². The Bertz CT molecular complexity index is 549. The number of anilines is 3. The van der Waals surface area contributed by atoms with E-state index in [0.29, 0.717) is 5.69 Å². The van der Waals surface area contributed by atoms with Crippen LogP contribution in [0.15, 0.2) is 42.5 Å². The molecule has 0 bridgehead atoms. The first-order chi connectivity index (χ1) is 9.11. The predicted molar refractivity (Wildman–Crippen MR) is 79.3 cm³/mol. The van der Waals surface area contributed by atoms with Crippen LogP contribution in [0.1, 0.15) is 18.9 Å². The highest BCUT2D eigenvalue weighted by atomic mass is 19.1. The molecular formula is C16H19FN2. The third-order valence-electron chi connectivity index (χ3n) is 3.21. The van der Waals surface area contributed by atoms with E-state index >= 15 is 0 Å². The molecule has 0 aliphatic heterocycles. The van der Waals surface area contributed by atoms with Gasteiger partial charge in [0.2, 0.25) is 0 Å². The maximum absolute atomic E-state index is 13.1. The summed E-state index contributed by atoms with van der Waals surface area (Å²) in [5.41, 5.74) is 9.48. The van der Waals surface area contributed by atoms with Gasteiger partial charge in [-0.1, -0.05) is 25.5 Å². The molecule has 3 heteroatoms. The molecule has 0 aliphatic carbocycles. The lowest BCUT2D eigenvalue weighted by Gasteiger charge is -2.21. The standard InChI is InChI=1S/C16H19FN2/c1-3-4-12-5-8-14(9-6-12)19(2)16-10-7-13(17)11-15(16)18/h5-11H,3-4,18H2,1-2H3. The number of hydrogen-bond acceptors (Lipinski definition) is 2. The first-order valence-electron chi connectivity index (χ1n) is 6.49. The second kappa shape index (κ2) is 5.74. The van der Waals surface area contributed by atoms with Crippen LogP contribution in [0.2, 0.25) is 0 Å². The topological polar surface area (TPSA) is 29.3 Å². The smallest absolute Gasteiger partial charge is 0.125 e. The fourth-order valence-electron chi connectivity index (χ4n) is 2.14. The molecule has 2 aromatic rings. The fraction of sp³-hybridized carbons (Fsp3) is 0.250. The predicted octanol–water partition coefficient (Wildman–Crippen LogP) is 4.13. The summed E-state index contributed by atoms with van der Waals surface area (Å²) >= 11 is 0. The quantitative estimate of drug-likeness (QED) is 0.835. The maximum atomic E-state index is 13.1. The molecule has 0 fully saturated rings. The molecule has 0 radical (unpaired) electrons. The molecule has 2 nitrogen and oxygen atoms in total. The Labute approximate surface area is 113 Å². The lowest BCUT2D eigenvalue weighted by molar-refractivity contribution is 0.628. The van der Waals surface area contributed by atoms with Gasteiger partial charge >= 0.3 is 0 Å². The van der Waals surface area contributed by atoms with Gasteiger partial charge in [0.1, 0.15) is 5.82 Å². The van der Waals surface area contributed by atoms with Crippen LogP contribution in [0.25, 0.3) is 0 Å². The van der Waals surface area contributed by atoms with E-state index in [-0.39, 0.29) is 5.82 Å². The summed E-state index contributed by atoms with van der Waals surface area (Å²) in [5.74, 6) is -0.312. The summed E-state index contributed by atoms with van der Waals surface area (Å²) in [6.07, 6.45) is 2.22. The fourth-order valence-corrected chi connectivity index (χ4v) is 2.14. The highest BCUT2D eigenvalue weighted by Crippen LogP contribution is 2.29. The van der Waals surface area contributed by atoms with E-state index in [1.54, 1.807) is 6.07 Å². The second-order valence-electron chi connectivity index (χ2n) is 4.68. The van der Waals surface area contributed by atoms with Crippen LogP contribution in [-0.4, -0.2) is 7.05 Å². The lowest BCUT2D eigenvalue weighted by atomic mass is 10.1. The first kappa shape index (κ1) is 13.4.